The maximum absolute atomic E-state index is 3.30. The molecule has 0 aromatic rings. The molecule has 2 unspecified atom stereocenters. The Labute approximate surface area is 88.5 Å². The second kappa shape index (κ2) is 5.69. The molecule has 1 aliphatic rings. The van der Waals surface area contributed by atoms with Crippen LogP contribution in [0.3, 0.4) is 0 Å². The standard InChI is InChI=1S/C11H25N3/c1-5-6-14-10(2)8-13(4)9-11(14)7-12-3/h10-12H,5-9H2,1-4H3. The third kappa shape index (κ3) is 2.94. The van der Waals surface area contributed by atoms with Gasteiger partial charge in [0.15, 0.2) is 0 Å². The van der Waals surface area contributed by atoms with Crippen LogP contribution in [-0.2, 0) is 0 Å². The van der Waals surface area contributed by atoms with Gasteiger partial charge in [0.2, 0.25) is 0 Å². The van der Waals surface area contributed by atoms with E-state index in [0.717, 1.165) is 6.54 Å². The second-order valence-electron chi connectivity index (χ2n) is 4.52. The van der Waals surface area contributed by atoms with Crippen LogP contribution in [0, 0.1) is 0 Å². The van der Waals surface area contributed by atoms with Crippen LogP contribution in [0.15, 0.2) is 0 Å². The molecule has 0 aromatic carbocycles. The fraction of sp³-hybridized carbons (Fsp3) is 1.00. The molecule has 1 aliphatic heterocycles. The van der Waals surface area contributed by atoms with E-state index in [-0.39, 0.29) is 0 Å². The zero-order chi connectivity index (χ0) is 10.6. The molecule has 14 heavy (non-hydrogen) atoms. The Morgan fingerprint density at radius 2 is 2.07 bits per heavy atom. The van der Waals surface area contributed by atoms with Crippen LogP contribution in [0.4, 0.5) is 0 Å². The molecule has 3 heteroatoms. The quantitative estimate of drug-likeness (QED) is 0.716. The van der Waals surface area contributed by atoms with E-state index in [4.69, 9.17) is 0 Å². The topological polar surface area (TPSA) is 18.5 Å². The molecule has 0 bridgehead atoms. The summed E-state index contributed by atoms with van der Waals surface area (Å²) >= 11 is 0. The molecular weight excluding hydrogens is 174 g/mol. The fourth-order valence-electron chi connectivity index (χ4n) is 2.53. The molecule has 2 atom stereocenters. The van der Waals surface area contributed by atoms with E-state index in [1.54, 1.807) is 0 Å². The Kier molecular flexibility index (Phi) is 4.85. The van der Waals surface area contributed by atoms with Crippen LogP contribution in [0.1, 0.15) is 20.3 Å². The molecule has 0 radical (unpaired) electrons. The first-order valence-corrected chi connectivity index (χ1v) is 5.78. The maximum Gasteiger partial charge on any atom is 0.0351 e. The molecule has 1 N–H and O–H groups in total. The minimum Gasteiger partial charge on any atom is -0.318 e. The number of rotatable bonds is 4. The normalized spacial score (nSPS) is 30.9. The monoisotopic (exact) mass is 199 g/mol. The van der Waals surface area contributed by atoms with Crippen molar-refractivity contribution in [1.82, 2.24) is 15.1 Å². The Morgan fingerprint density at radius 3 is 2.64 bits per heavy atom. The lowest BCUT2D eigenvalue weighted by molar-refractivity contribution is 0.0446. The zero-order valence-electron chi connectivity index (χ0n) is 10.1. The minimum atomic E-state index is 0.689. The van der Waals surface area contributed by atoms with Gasteiger partial charge in [-0.3, -0.25) is 4.90 Å². The largest absolute Gasteiger partial charge is 0.318 e. The zero-order valence-corrected chi connectivity index (χ0v) is 10.1. The molecule has 84 valence electrons. The first-order valence-electron chi connectivity index (χ1n) is 5.78. The summed E-state index contributed by atoms with van der Waals surface area (Å²) in [6, 6.07) is 1.39. The average Bonchev–Trinajstić information content (AvgIpc) is 2.11. The van der Waals surface area contributed by atoms with E-state index < -0.39 is 0 Å². The smallest absolute Gasteiger partial charge is 0.0351 e. The summed E-state index contributed by atoms with van der Waals surface area (Å²) in [6.45, 7) is 9.36. The van der Waals surface area contributed by atoms with Crippen molar-refractivity contribution in [2.24, 2.45) is 0 Å². The molecule has 0 saturated carbocycles. The number of hydrogen-bond acceptors (Lipinski definition) is 3. The van der Waals surface area contributed by atoms with Crippen molar-refractivity contribution in [3.05, 3.63) is 0 Å². The van der Waals surface area contributed by atoms with Gasteiger partial charge in [-0.25, -0.2) is 0 Å². The number of likely N-dealkylation sites (N-methyl/N-ethyl adjacent to an activating group) is 2. The van der Waals surface area contributed by atoms with Gasteiger partial charge in [0.1, 0.15) is 0 Å². The number of nitrogens with zero attached hydrogens (tertiary/aromatic N) is 2. The number of nitrogens with one attached hydrogen (secondary N) is 1. The van der Waals surface area contributed by atoms with E-state index >= 15 is 0 Å². The van der Waals surface area contributed by atoms with E-state index in [1.165, 1.54) is 26.1 Å². The van der Waals surface area contributed by atoms with Crippen LogP contribution in [0.2, 0.25) is 0 Å². The molecule has 0 amide bonds. The fourth-order valence-corrected chi connectivity index (χ4v) is 2.53. The van der Waals surface area contributed by atoms with Gasteiger partial charge >= 0.3 is 0 Å². The van der Waals surface area contributed by atoms with Crippen LogP contribution in [0.5, 0.6) is 0 Å². The van der Waals surface area contributed by atoms with Gasteiger partial charge in [-0.1, -0.05) is 6.92 Å². The third-order valence-corrected chi connectivity index (χ3v) is 3.06. The van der Waals surface area contributed by atoms with Crippen molar-refractivity contribution >= 4 is 0 Å². The van der Waals surface area contributed by atoms with Crippen molar-refractivity contribution < 1.29 is 0 Å². The summed E-state index contributed by atoms with van der Waals surface area (Å²) in [5.41, 5.74) is 0. The van der Waals surface area contributed by atoms with Gasteiger partial charge in [-0.2, -0.15) is 0 Å². The molecule has 0 aromatic heterocycles. The minimum absolute atomic E-state index is 0.689. The van der Waals surface area contributed by atoms with Gasteiger partial charge in [0.05, 0.1) is 0 Å². The molecule has 3 nitrogen and oxygen atoms in total. The third-order valence-electron chi connectivity index (χ3n) is 3.06. The van der Waals surface area contributed by atoms with E-state index in [0.29, 0.717) is 12.1 Å². The Morgan fingerprint density at radius 1 is 1.36 bits per heavy atom. The van der Waals surface area contributed by atoms with E-state index in [1.807, 2.05) is 7.05 Å². The second-order valence-corrected chi connectivity index (χ2v) is 4.52. The molecule has 1 fully saturated rings. The predicted molar refractivity (Wildman–Crippen MR) is 61.7 cm³/mol. The summed E-state index contributed by atoms with van der Waals surface area (Å²) in [6.07, 6.45) is 1.26. The maximum atomic E-state index is 3.30. The van der Waals surface area contributed by atoms with E-state index in [9.17, 15) is 0 Å². The molecular formula is C11H25N3. The lowest BCUT2D eigenvalue weighted by Crippen LogP contribution is -2.59. The number of hydrogen-bond donors (Lipinski definition) is 1. The first-order chi connectivity index (χ1) is 6.69. The van der Waals surface area contributed by atoms with Crippen molar-refractivity contribution in [3.63, 3.8) is 0 Å². The van der Waals surface area contributed by atoms with Gasteiger partial charge < -0.3 is 10.2 Å². The molecule has 1 rings (SSSR count). The molecule has 1 saturated heterocycles. The molecule has 1 heterocycles. The van der Waals surface area contributed by atoms with Crippen LogP contribution in [0.25, 0.3) is 0 Å². The van der Waals surface area contributed by atoms with Crippen molar-refractivity contribution in [3.8, 4) is 0 Å². The van der Waals surface area contributed by atoms with Crippen LogP contribution >= 0.6 is 0 Å². The van der Waals surface area contributed by atoms with Crippen molar-refractivity contribution in [2.45, 2.75) is 32.4 Å². The Hall–Kier alpha value is -0.120. The average molecular weight is 199 g/mol. The molecule has 0 spiro atoms. The van der Waals surface area contributed by atoms with Gasteiger partial charge in [-0.05, 0) is 34.0 Å². The molecule has 0 aliphatic carbocycles. The SMILES string of the molecule is CCCN1C(C)CN(C)CC1CNC. The Balaban J connectivity index is 2.55. The van der Waals surface area contributed by atoms with Crippen LogP contribution in [-0.4, -0.2) is 62.2 Å². The summed E-state index contributed by atoms with van der Waals surface area (Å²) in [4.78, 5) is 5.09. The summed E-state index contributed by atoms with van der Waals surface area (Å²) in [5.74, 6) is 0. The number of piperazine rings is 1. The lowest BCUT2D eigenvalue weighted by atomic mass is 10.1. The highest BCUT2D eigenvalue weighted by molar-refractivity contribution is 4.86. The summed E-state index contributed by atoms with van der Waals surface area (Å²) in [7, 11) is 4.27. The predicted octanol–water partition coefficient (Wildman–Crippen LogP) is 0.620. The van der Waals surface area contributed by atoms with Gasteiger partial charge in [-0.15, -0.1) is 0 Å². The van der Waals surface area contributed by atoms with E-state index in [2.05, 4.69) is 36.0 Å². The highest BCUT2D eigenvalue weighted by Gasteiger charge is 2.28. The summed E-state index contributed by atoms with van der Waals surface area (Å²) < 4.78 is 0. The van der Waals surface area contributed by atoms with Crippen LogP contribution < -0.4 is 5.32 Å². The first kappa shape index (κ1) is 12.0. The summed E-state index contributed by atoms with van der Waals surface area (Å²) in [5, 5.41) is 3.30. The van der Waals surface area contributed by atoms with Crippen molar-refractivity contribution in [2.75, 3.05) is 40.3 Å². The highest BCUT2D eigenvalue weighted by Crippen LogP contribution is 2.14. The lowest BCUT2D eigenvalue weighted by Gasteiger charge is -2.44. The van der Waals surface area contributed by atoms with Gasteiger partial charge in [0, 0.05) is 31.7 Å². The Bertz CT molecular complexity index is 161. The highest BCUT2D eigenvalue weighted by atomic mass is 15.3. The van der Waals surface area contributed by atoms with Crippen molar-refractivity contribution in [1.29, 1.82) is 0 Å². The van der Waals surface area contributed by atoms with Gasteiger partial charge in [0.25, 0.3) is 0 Å².